The summed E-state index contributed by atoms with van der Waals surface area (Å²) in [6, 6.07) is 8.09. The molecule has 1 aromatic carbocycles. The molecule has 0 bridgehead atoms. The smallest absolute Gasteiger partial charge is 0.0406 e. The number of hydrogen-bond acceptors (Lipinski definition) is 2. The molecule has 1 unspecified atom stereocenters. The van der Waals surface area contributed by atoms with E-state index in [9.17, 15) is 0 Å². The molecular formula is C13H20ClNS. The minimum atomic E-state index is 0.597. The Morgan fingerprint density at radius 3 is 2.56 bits per heavy atom. The topological polar surface area (TPSA) is 26.0 Å². The van der Waals surface area contributed by atoms with Gasteiger partial charge < -0.3 is 5.73 Å². The zero-order valence-corrected chi connectivity index (χ0v) is 11.4. The molecule has 1 rings (SSSR count). The highest BCUT2D eigenvalue weighted by atomic mass is 35.5. The maximum absolute atomic E-state index is 5.86. The molecule has 0 saturated heterocycles. The van der Waals surface area contributed by atoms with Gasteiger partial charge in [0, 0.05) is 5.02 Å². The van der Waals surface area contributed by atoms with Gasteiger partial charge in [-0.05, 0) is 54.5 Å². The van der Waals surface area contributed by atoms with Gasteiger partial charge in [-0.2, -0.15) is 11.8 Å². The fraction of sp³-hybridized carbons (Fsp3) is 0.538. The van der Waals surface area contributed by atoms with E-state index >= 15 is 0 Å². The summed E-state index contributed by atoms with van der Waals surface area (Å²) in [5.74, 6) is 3.00. The Kier molecular flexibility index (Phi) is 6.93. The van der Waals surface area contributed by atoms with Crippen LogP contribution >= 0.6 is 23.4 Å². The van der Waals surface area contributed by atoms with Gasteiger partial charge in [0.05, 0.1) is 0 Å². The van der Waals surface area contributed by atoms with Crippen molar-refractivity contribution in [3.63, 3.8) is 0 Å². The van der Waals surface area contributed by atoms with Crippen molar-refractivity contribution in [1.29, 1.82) is 0 Å². The van der Waals surface area contributed by atoms with Crippen LogP contribution in [0.15, 0.2) is 24.3 Å². The Bertz CT molecular complexity index is 286. The quantitative estimate of drug-likeness (QED) is 0.756. The fourth-order valence-electron chi connectivity index (χ4n) is 1.65. The van der Waals surface area contributed by atoms with Gasteiger partial charge in [0.15, 0.2) is 0 Å². The Labute approximate surface area is 108 Å². The largest absolute Gasteiger partial charge is 0.330 e. The lowest BCUT2D eigenvalue weighted by atomic mass is 9.97. The number of halogens is 1. The summed E-state index contributed by atoms with van der Waals surface area (Å²) < 4.78 is 0. The Morgan fingerprint density at radius 1 is 1.31 bits per heavy atom. The average Bonchev–Trinajstić information content (AvgIpc) is 2.31. The summed E-state index contributed by atoms with van der Waals surface area (Å²) in [5, 5.41) is 0.801. The van der Waals surface area contributed by atoms with E-state index in [1.165, 1.54) is 23.5 Å². The monoisotopic (exact) mass is 257 g/mol. The molecule has 0 aliphatic heterocycles. The van der Waals surface area contributed by atoms with Crippen molar-refractivity contribution in [2.75, 3.05) is 18.1 Å². The molecule has 0 aromatic heterocycles. The van der Waals surface area contributed by atoms with Crippen LogP contribution < -0.4 is 5.73 Å². The summed E-state index contributed by atoms with van der Waals surface area (Å²) in [5.41, 5.74) is 7.13. The first-order valence-electron chi connectivity index (χ1n) is 5.78. The third-order valence-corrected chi connectivity index (χ3v) is 3.83. The van der Waals surface area contributed by atoms with E-state index in [1.54, 1.807) is 0 Å². The fourth-order valence-corrected chi connectivity index (χ4v) is 2.57. The number of benzene rings is 1. The van der Waals surface area contributed by atoms with Crippen molar-refractivity contribution in [1.82, 2.24) is 0 Å². The molecule has 0 fully saturated rings. The lowest BCUT2D eigenvalue weighted by Gasteiger charge is -2.14. The molecule has 0 heterocycles. The van der Waals surface area contributed by atoms with Crippen LogP contribution in [0.3, 0.4) is 0 Å². The van der Waals surface area contributed by atoms with Crippen LogP contribution in [0.2, 0.25) is 5.02 Å². The molecule has 0 aliphatic carbocycles. The Morgan fingerprint density at radius 2 is 2.00 bits per heavy atom. The lowest BCUT2D eigenvalue weighted by Crippen LogP contribution is -2.17. The molecule has 90 valence electrons. The molecule has 0 amide bonds. The second-order valence-electron chi connectivity index (χ2n) is 3.92. The molecule has 16 heavy (non-hydrogen) atoms. The molecule has 1 nitrogen and oxygen atoms in total. The van der Waals surface area contributed by atoms with Crippen LogP contribution in [0.5, 0.6) is 0 Å². The SMILES string of the molecule is CCSCCC(CN)Cc1ccc(Cl)cc1. The van der Waals surface area contributed by atoms with E-state index in [4.69, 9.17) is 17.3 Å². The van der Waals surface area contributed by atoms with Crippen LogP contribution in [0.25, 0.3) is 0 Å². The average molecular weight is 258 g/mol. The van der Waals surface area contributed by atoms with E-state index in [1.807, 2.05) is 23.9 Å². The summed E-state index contributed by atoms with van der Waals surface area (Å²) in [6.07, 6.45) is 2.27. The molecular weight excluding hydrogens is 238 g/mol. The number of rotatable bonds is 7. The molecule has 0 radical (unpaired) electrons. The van der Waals surface area contributed by atoms with Gasteiger partial charge in [0.25, 0.3) is 0 Å². The molecule has 2 N–H and O–H groups in total. The molecule has 3 heteroatoms. The highest BCUT2D eigenvalue weighted by Gasteiger charge is 2.07. The summed E-state index contributed by atoms with van der Waals surface area (Å²) in [6.45, 7) is 2.97. The van der Waals surface area contributed by atoms with E-state index in [0.29, 0.717) is 5.92 Å². The van der Waals surface area contributed by atoms with Crippen LogP contribution in [-0.2, 0) is 6.42 Å². The zero-order valence-electron chi connectivity index (χ0n) is 9.79. The van der Waals surface area contributed by atoms with Gasteiger partial charge in [0.1, 0.15) is 0 Å². The Balaban J connectivity index is 2.40. The second kappa shape index (κ2) is 7.99. The van der Waals surface area contributed by atoms with Crippen molar-refractivity contribution in [3.05, 3.63) is 34.9 Å². The normalized spacial score (nSPS) is 12.7. The highest BCUT2D eigenvalue weighted by Crippen LogP contribution is 2.16. The molecule has 1 atom stereocenters. The summed E-state index contributed by atoms with van der Waals surface area (Å²) in [4.78, 5) is 0. The van der Waals surface area contributed by atoms with Crippen molar-refractivity contribution in [3.8, 4) is 0 Å². The van der Waals surface area contributed by atoms with Gasteiger partial charge in [-0.3, -0.25) is 0 Å². The third kappa shape index (κ3) is 5.24. The minimum Gasteiger partial charge on any atom is -0.330 e. The second-order valence-corrected chi connectivity index (χ2v) is 5.75. The van der Waals surface area contributed by atoms with Crippen LogP contribution in [0.1, 0.15) is 18.9 Å². The predicted octanol–water partition coefficient (Wildman–Crippen LogP) is 3.60. The number of nitrogens with two attached hydrogens (primary N) is 1. The Hall–Kier alpha value is -0.180. The minimum absolute atomic E-state index is 0.597. The highest BCUT2D eigenvalue weighted by molar-refractivity contribution is 7.99. The van der Waals surface area contributed by atoms with Crippen molar-refractivity contribution >= 4 is 23.4 Å². The van der Waals surface area contributed by atoms with Gasteiger partial charge in [-0.15, -0.1) is 0 Å². The van der Waals surface area contributed by atoms with Crippen molar-refractivity contribution < 1.29 is 0 Å². The van der Waals surface area contributed by atoms with Crippen LogP contribution in [-0.4, -0.2) is 18.1 Å². The number of hydrogen-bond donors (Lipinski definition) is 1. The number of thioether (sulfide) groups is 1. The first-order valence-corrected chi connectivity index (χ1v) is 7.31. The molecule has 1 aromatic rings. The van der Waals surface area contributed by atoms with Crippen LogP contribution in [0.4, 0.5) is 0 Å². The van der Waals surface area contributed by atoms with Gasteiger partial charge in [0.2, 0.25) is 0 Å². The molecule has 0 saturated carbocycles. The predicted molar refractivity (Wildman–Crippen MR) is 75.3 cm³/mol. The summed E-state index contributed by atoms with van der Waals surface area (Å²) in [7, 11) is 0. The van der Waals surface area contributed by atoms with E-state index < -0.39 is 0 Å². The van der Waals surface area contributed by atoms with E-state index in [2.05, 4.69) is 19.1 Å². The first kappa shape index (κ1) is 13.9. The maximum Gasteiger partial charge on any atom is 0.0406 e. The lowest BCUT2D eigenvalue weighted by molar-refractivity contribution is 0.523. The molecule has 0 aliphatic rings. The standard InChI is InChI=1S/C13H20ClNS/c1-2-16-8-7-12(10-15)9-11-3-5-13(14)6-4-11/h3-6,12H,2,7-10,15H2,1H3. The van der Waals surface area contributed by atoms with E-state index in [-0.39, 0.29) is 0 Å². The first-order chi connectivity index (χ1) is 7.76. The van der Waals surface area contributed by atoms with Crippen molar-refractivity contribution in [2.24, 2.45) is 11.7 Å². The zero-order chi connectivity index (χ0) is 11.8. The maximum atomic E-state index is 5.86. The third-order valence-electron chi connectivity index (χ3n) is 2.65. The summed E-state index contributed by atoms with van der Waals surface area (Å²) >= 11 is 7.84. The van der Waals surface area contributed by atoms with Crippen LogP contribution in [0, 0.1) is 5.92 Å². The van der Waals surface area contributed by atoms with Gasteiger partial charge in [-0.1, -0.05) is 30.7 Å². The van der Waals surface area contributed by atoms with Gasteiger partial charge >= 0.3 is 0 Å². The van der Waals surface area contributed by atoms with Gasteiger partial charge in [-0.25, -0.2) is 0 Å². The van der Waals surface area contributed by atoms with E-state index in [0.717, 1.165) is 18.0 Å². The van der Waals surface area contributed by atoms with Crippen molar-refractivity contribution in [2.45, 2.75) is 19.8 Å². The molecule has 0 spiro atoms.